The third-order valence-electron chi connectivity index (χ3n) is 3.64. The van der Waals surface area contributed by atoms with Gasteiger partial charge in [-0.3, -0.25) is 0 Å². The second kappa shape index (κ2) is 6.79. The molecule has 0 radical (unpaired) electrons. The van der Waals surface area contributed by atoms with E-state index in [4.69, 9.17) is 0 Å². The summed E-state index contributed by atoms with van der Waals surface area (Å²) in [5.41, 5.74) is 2.63. The largest absolute Gasteiger partial charge is 0.382 e. The van der Waals surface area contributed by atoms with Crippen LogP contribution in [0.3, 0.4) is 0 Å². The molecule has 0 aromatic heterocycles. The maximum absolute atomic E-state index is 3.65. The van der Waals surface area contributed by atoms with Crippen LogP contribution in [0.2, 0.25) is 0 Å². The van der Waals surface area contributed by atoms with Crippen LogP contribution in [0.15, 0.2) is 24.3 Å². The first-order valence-corrected chi connectivity index (χ1v) is 7.33. The van der Waals surface area contributed by atoms with Crippen molar-refractivity contribution < 1.29 is 0 Å². The standard InChI is InChI=1S/C16H26N2/c1-13(2)17-12-14-8-10-16(11-9-14)18-15-6-4-3-5-7-15/h8-11,13,15,17-18H,3-7,12H2,1-2H3. The number of hydrogen-bond donors (Lipinski definition) is 2. The smallest absolute Gasteiger partial charge is 0.0342 e. The number of anilines is 1. The van der Waals surface area contributed by atoms with Crippen LogP contribution < -0.4 is 10.6 Å². The summed E-state index contributed by atoms with van der Waals surface area (Å²) in [6.07, 6.45) is 6.84. The van der Waals surface area contributed by atoms with Gasteiger partial charge in [-0.1, -0.05) is 45.2 Å². The van der Waals surface area contributed by atoms with E-state index < -0.39 is 0 Å². The van der Waals surface area contributed by atoms with Gasteiger partial charge in [0.1, 0.15) is 0 Å². The number of nitrogens with one attached hydrogen (secondary N) is 2. The van der Waals surface area contributed by atoms with Gasteiger partial charge >= 0.3 is 0 Å². The Bertz CT molecular complexity index is 337. The van der Waals surface area contributed by atoms with Gasteiger partial charge in [0.2, 0.25) is 0 Å². The van der Waals surface area contributed by atoms with Gasteiger partial charge in [0.05, 0.1) is 0 Å². The Balaban J connectivity index is 1.83. The molecule has 100 valence electrons. The number of hydrogen-bond acceptors (Lipinski definition) is 2. The van der Waals surface area contributed by atoms with Crippen molar-refractivity contribution in [1.82, 2.24) is 5.32 Å². The molecule has 1 aromatic rings. The fourth-order valence-corrected chi connectivity index (χ4v) is 2.52. The highest BCUT2D eigenvalue weighted by Crippen LogP contribution is 2.21. The molecule has 2 nitrogen and oxygen atoms in total. The lowest BCUT2D eigenvalue weighted by Crippen LogP contribution is -2.22. The molecule has 0 amide bonds. The summed E-state index contributed by atoms with van der Waals surface area (Å²) < 4.78 is 0. The summed E-state index contributed by atoms with van der Waals surface area (Å²) >= 11 is 0. The topological polar surface area (TPSA) is 24.1 Å². The highest BCUT2D eigenvalue weighted by atomic mass is 14.9. The van der Waals surface area contributed by atoms with Crippen molar-refractivity contribution in [2.24, 2.45) is 0 Å². The van der Waals surface area contributed by atoms with Crippen LogP contribution in [0, 0.1) is 0 Å². The molecule has 1 aliphatic carbocycles. The highest BCUT2D eigenvalue weighted by molar-refractivity contribution is 5.45. The van der Waals surface area contributed by atoms with Gasteiger partial charge < -0.3 is 10.6 Å². The minimum absolute atomic E-state index is 0.546. The first kappa shape index (κ1) is 13.4. The molecule has 1 saturated carbocycles. The average molecular weight is 246 g/mol. The van der Waals surface area contributed by atoms with Crippen molar-refractivity contribution in [2.45, 2.75) is 64.6 Å². The van der Waals surface area contributed by atoms with E-state index in [0.717, 1.165) is 6.54 Å². The highest BCUT2D eigenvalue weighted by Gasteiger charge is 2.12. The van der Waals surface area contributed by atoms with Crippen molar-refractivity contribution in [1.29, 1.82) is 0 Å². The minimum atomic E-state index is 0.546. The molecule has 2 heteroatoms. The Kier molecular flexibility index (Phi) is 5.06. The zero-order valence-electron chi connectivity index (χ0n) is 11.7. The lowest BCUT2D eigenvalue weighted by molar-refractivity contribution is 0.463. The van der Waals surface area contributed by atoms with Crippen LogP contribution in [0.1, 0.15) is 51.5 Å². The van der Waals surface area contributed by atoms with E-state index in [1.165, 1.54) is 43.4 Å². The number of benzene rings is 1. The maximum atomic E-state index is 3.65. The van der Waals surface area contributed by atoms with E-state index in [2.05, 4.69) is 48.7 Å². The maximum Gasteiger partial charge on any atom is 0.0342 e. The van der Waals surface area contributed by atoms with E-state index in [-0.39, 0.29) is 0 Å². The normalized spacial score (nSPS) is 17.1. The molecule has 0 atom stereocenters. The van der Waals surface area contributed by atoms with Crippen LogP contribution >= 0.6 is 0 Å². The SMILES string of the molecule is CC(C)NCc1ccc(NC2CCCCC2)cc1. The molecule has 0 spiro atoms. The Hall–Kier alpha value is -1.02. The second-order valence-electron chi connectivity index (χ2n) is 5.71. The summed E-state index contributed by atoms with van der Waals surface area (Å²) in [4.78, 5) is 0. The van der Waals surface area contributed by atoms with Gasteiger partial charge in [-0.05, 0) is 30.5 Å². The van der Waals surface area contributed by atoms with Gasteiger partial charge in [0.15, 0.2) is 0 Å². The summed E-state index contributed by atoms with van der Waals surface area (Å²) in [5, 5.41) is 7.09. The number of rotatable bonds is 5. The third kappa shape index (κ3) is 4.34. The van der Waals surface area contributed by atoms with Gasteiger partial charge in [-0.15, -0.1) is 0 Å². The van der Waals surface area contributed by atoms with Crippen LogP contribution in [0.5, 0.6) is 0 Å². The molecule has 1 aromatic carbocycles. The Morgan fingerprint density at radius 3 is 2.33 bits per heavy atom. The third-order valence-corrected chi connectivity index (χ3v) is 3.64. The van der Waals surface area contributed by atoms with Gasteiger partial charge in [0.25, 0.3) is 0 Å². The fraction of sp³-hybridized carbons (Fsp3) is 0.625. The van der Waals surface area contributed by atoms with Crippen molar-refractivity contribution in [2.75, 3.05) is 5.32 Å². The van der Waals surface area contributed by atoms with Crippen molar-refractivity contribution in [3.05, 3.63) is 29.8 Å². The molecular formula is C16H26N2. The van der Waals surface area contributed by atoms with Crippen LogP contribution in [-0.2, 0) is 6.54 Å². The molecule has 0 aliphatic heterocycles. The Morgan fingerprint density at radius 1 is 1.06 bits per heavy atom. The summed E-state index contributed by atoms with van der Waals surface area (Å²) in [5.74, 6) is 0. The molecule has 0 heterocycles. The van der Waals surface area contributed by atoms with Crippen molar-refractivity contribution in [3.63, 3.8) is 0 Å². The quantitative estimate of drug-likeness (QED) is 0.822. The summed E-state index contributed by atoms with van der Waals surface area (Å²) in [7, 11) is 0. The van der Waals surface area contributed by atoms with Crippen molar-refractivity contribution in [3.8, 4) is 0 Å². The van der Waals surface area contributed by atoms with E-state index in [9.17, 15) is 0 Å². The molecule has 18 heavy (non-hydrogen) atoms. The zero-order chi connectivity index (χ0) is 12.8. The molecule has 2 rings (SSSR count). The lowest BCUT2D eigenvalue weighted by atomic mass is 9.95. The van der Waals surface area contributed by atoms with Crippen LogP contribution in [0.4, 0.5) is 5.69 Å². The first-order valence-electron chi connectivity index (χ1n) is 7.33. The van der Waals surface area contributed by atoms with E-state index >= 15 is 0 Å². The monoisotopic (exact) mass is 246 g/mol. The first-order chi connectivity index (χ1) is 8.74. The molecule has 1 fully saturated rings. The molecule has 0 bridgehead atoms. The lowest BCUT2D eigenvalue weighted by Gasteiger charge is -2.24. The van der Waals surface area contributed by atoms with Gasteiger partial charge in [0, 0.05) is 24.3 Å². The molecule has 2 N–H and O–H groups in total. The molecule has 0 unspecified atom stereocenters. The zero-order valence-corrected chi connectivity index (χ0v) is 11.7. The van der Waals surface area contributed by atoms with E-state index in [1.807, 2.05) is 0 Å². The average Bonchev–Trinajstić information content (AvgIpc) is 2.39. The predicted molar refractivity (Wildman–Crippen MR) is 78.9 cm³/mol. The molecule has 0 saturated heterocycles. The van der Waals surface area contributed by atoms with Crippen LogP contribution in [0.25, 0.3) is 0 Å². The van der Waals surface area contributed by atoms with E-state index in [1.54, 1.807) is 0 Å². The predicted octanol–water partition coefficient (Wildman–Crippen LogP) is 3.93. The van der Waals surface area contributed by atoms with Gasteiger partial charge in [-0.25, -0.2) is 0 Å². The van der Waals surface area contributed by atoms with Crippen LogP contribution in [-0.4, -0.2) is 12.1 Å². The molecular weight excluding hydrogens is 220 g/mol. The van der Waals surface area contributed by atoms with Crippen molar-refractivity contribution >= 4 is 5.69 Å². The van der Waals surface area contributed by atoms with E-state index in [0.29, 0.717) is 12.1 Å². The fourth-order valence-electron chi connectivity index (χ4n) is 2.52. The summed E-state index contributed by atoms with van der Waals surface area (Å²) in [6, 6.07) is 10.1. The minimum Gasteiger partial charge on any atom is -0.382 e. The Morgan fingerprint density at radius 2 is 1.72 bits per heavy atom. The Labute approximate surface area is 111 Å². The summed E-state index contributed by atoms with van der Waals surface area (Å²) in [6.45, 7) is 5.32. The second-order valence-corrected chi connectivity index (χ2v) is 5.71. The van der Waals surface area contributed by atoms with Gasteiger partial charge in [-0.2, -0.15) is 0 Å². The molecule has 1 aliphatic rings.